The van der Waals surface area contributed by atoms with Crippen LogP contribution in [0.1, 0.15) is 6.92 Å². The van der Waals surface area contributed by atoms with Crippen molar-refractivity contribution in [2.24, 2.45) is 5.41 Å². The molecule has 1 unspecified atom stereocenters. The molecule has 0 aromatic rings. The first kappa shape index (κ1) is 11.9. The molecular formula is C11H10O5. The summed E-state index contributed by atoms with van der Waals surface area (Å²) >= 11 is 0. The number of carbonyl (C=O) groups excluding carboxylic acids is 1. The van der Waals surface area contributed by atoms with Crippen LogP contribution in [0.4, 0.5) is 0 Å². The van der Waals surface area contributed by atoms with Crippen molar-refractivity contribution in [1.82, 2.24) is 0 Å². The van der Waals surface area contributed by atoms with Crippen LogP contribution < -0.4 is 0 Å². The largest absolute Gasteiger partial charge is 0.480 e. The van der Waals surface area contributed by atoms with Crippen LogP contribution in [-0.2, 0) is 14.4 Å². The van der Waals surface area contributed by atoms with Crippen molar-refractivity contribution in [2.45, 2.75) is 6.92 Å². The van der Waals surface area contributed by atoms with Gasteiger partial charge in [0.2, 0.25) is 0 Å². The Hall–Kier alpha value is -2.17. The molecule has 0 aliphatic heterocycles. The number of carboxylic acid groups (broad SMARTS) is 2. The van der Waals surface area contributed by atoms with Crippen LogP contribution in [0.25, 0.3) is 0 Å². The molecule has 1 aliphatic rings. The first-order valence-corrected chi connectivity index (χ1v) is 4.48. The van der Waals surface area contributed by atoms with Crippen molar-refractivity contribution in [3.63, 3.8) is 0 Å². The number of rotatable bonds is 3. The minimum Gasteiger partial charge on any atom is -0.480 e. The lowest BCUT2D eigenvalue weighted by molar-refractivity contribution is -0.146. The Labute approximate surface area is 91.4 Å². The standard InChI is InChI=1S/C11H10O5/c1-2-8-5-7(9(13)14)3-4-11(8,6-12)10(15)16/h2-6H,1H3,(H,13,14)(H,15,16). The first-order chi connectivity index (χ1) is 7.47. The van der Waals surface area contributed by atoms with E-state index >= 15 is 0 Å². The molecule has 0 saturated heterocycles. The van der Waals surface area contributed by atoms with E-state index < -0.39 is 17.4 Å². The van der Waals surface area contributed by atoms with Crippen molar-refractivity contribution in [2.75, 3.05) is 0 Å². The van der Waals surface area contributed by atoms with Crippen LogP contribution in [0.5, 0.6) is 0 Å². The smallest absolute Gasteiger partial charge is 0.335 e. The molecule has 16 heavy (non-hydrogen) atoms. The second-order valence-electron chi connectivity index (χ2n) is 3.27. The summed E-state index contributed by atoms with van der Waals surface area (Å²) in [6, 6.07) is 0. The van der Waals surface area contributed by atoms with Gasteiger partial charge in [0.15, 0.2) is 5.41 Å². The number of aldehydes is 1. The van der Waals surface area contributed by atoms with Crippen LogP contribution in [0.15, 0.2) is 35.5 Å². The van der Waals surface area contributed by atoms with Gasteiger partial charge in [0.1, 0.15) is 6.29 Å². The second kappa shape index (κ2) is 4.14. The molecule has 0 aromatic heterocycles. The Morgan fingerprint density at radius 2 is 2.00 bits per heavy atom. The fourth-order valence-corrected chi connectivity index (χ4v) is 1.46. The highest BCUT2D eigenvalue weighted by atomic mass is 16.4. The van der Waals surface area contributed by atoms with Gasteiger partial charge < -0.3 is 15.0 Å². The Morgan fingerprint density at radius 3 is 2.38 bits per heavy atom. The minimum absolute atomic E-state index is 0.0492. The second-order valence-corrected chi connectivity index (χ2v) is 3.27. The van der Waals surface area contributed by atoms with Crippen molar-refractivity contribution >= 4 is 18.2 Å². The maximum atomic E-state index is 11.1. The van der Waals surface area contributed by atoms with Gasteiger partial charge >= 0.3 is 11.9 Å². The SMILES string of the molecule is CC=C1C=C(C(=O)O)C=CC1(C=O)C(=O)O. The molecule has 0 amide bonds. The van der Waals surface area contributed by atoms with Crippen molar-refractivity contribution in [3.05, 3.63) is 35.5 Å². The fraction of sp³-hybridized carbons (Fsp3) is 0.182. The molecule has 5 nitrogen and oxygen atoms in total. The average Bonchev–Trinajstić information content (AvgIpc) is 2.27. The molecular weight excluding hydrogens is 212 g/mol. The third kappa shape index (κ3) is 1.67. The van der Waals surface area contributed by atoms with Crippen LogP contribution in [-0.4, -0.2) is 28.4 Å². The quantitative estimate of drug-likeness (QED) is 0.544. The van der Waals surface area contributed by atoms with Crippen LogP contribution in [0.3, 0.4) is 0 Å². The van der Waals surface area contributed by atoms with E-state index in [9.17, 15) is 14.4 Å². The Balaban J connectivity index is 3.33. The van der Waals surface area contributed by atoms with E-state index in [0.29, 0.717) is 0 Å². The molecule has 1 rings (SSSR count). The van der Waals surface area contributed by atoms with E-state index in [1.165, 1.54) is 12.2 Å². The van der Waals surface area contributed by atoms with Gasteiger partial charge in [-0.25, -0.2) is 4.79 Å². The summed E-state index contributed by atoms with van der Waals surface area (Å²) in [5, 5.41) is 17.8. The molecule has 0 heterocycles. The topological polar surface area (TPSA) is 91.7 Å². The molecule has 1 atom stereocenters. The summed E-state index contributed by atoms with van der Waals surface area (Å²) in [5.74, 6) is -2.49. The van der Waals surface area contributed by atoms with Crippen molar-refractivity contribution < 1.29 is 24.6 Å². The molecule has 1 aliphatic carbocycles. The monoisotopic (exact) mass is 222 g/mol. The molecule has 0 fully saturated rings. The highest BCUT2D eigenvalue weighted by Gasteiger charge is 2.40. The molecule has 84 valence electrons. The summed E-state index contributed by atoms with van der Waals surface area (Å²) < 4.78 is 0. The minimum atomic E-state index is -1.77. The van der Waals surface area contributed by atoms with Gasteiger partial charge in [-0.3, -0.25) is 4.79 Å². The maximum absolute atomic E-state index is 11.1. The van der Waals surface area contributed by atoms with Gasteiger partial charge in [0.25, 0.3) is 0 Å². The van der Waals surface area contributed by atoms with Gasteiger partial charge in [0, 0.05) is 0 Å². The van der Waals surface area contributed by atoms with Crippen LogP contribution >= 0.6 is 0 Å². The summed E-state index contributed by atoms with van der Waals surface area (Å²) in [5.41, 5.74) is -1.67. The van der Waals surface area contributed by atoms with Gasteiger partial charge in [-0.1, -0.05) is 12.2 Å². The Bertz CT molecular complexity index is 441. The summed E-state index contributed by atoms with van der Waals surface area (Å²) in [6.45, 7) is 1.55. The number of carbonyl (C=O) groups is 3. The van der Waals surface area contributed by atoms with Gasteiger partial charge in [-0.2, -0.15) is 0 Å². The molecule has 0 bridgehead atoms. The molecule has 0 aromatic carbocycles. The lowest BCUT2D eigenvalue weighted by Crippen LogP contribution is -2.34. The predicted molar refractivity (Wildman–Crippen MR) is 54.7 cm³/mol. The zero-order valence-corrected chi connectivity index (χ0v) is 8.51. The van der Waals surface area contributed by atoms with Crippen molar-refractivity contribution in [1.29, 1.82) is 0 Å². The Kier molecular flexibility index (Phi) is 3.08. The molecule has 0 saturated carbocycles. The predicted octanol–water partition coefficient (Wildman–Crippen LogP) is 0.783. The molecule has 5 heteroatoms. The van der Waals surface area contributed by atoms with Crippen LogP contribution in [0.2, 0.25) is 0 Å². The highest BCUT2D eigenvalue weighted by Crippen LogP contribution is 2.33. The van der Waals surface area contributed by atoms with Gasteiger partial charge in [-0.15, -0.1) is 0 Å². The Morgan fingerprint density at radius 1 is 1.38 bits per heavy atom. The van der Waals surface area contributed by atoms with E-state index in [2.05, 4.69) is 0 Å². The van der Waals surface area contributed by atoms with Gasteiger partial charge in [-0.05, 0) is 24.6 Å². The number of hydrogen-bond acceptors (Lipinski definition) is 3. The van der Waals surface area contributed by atoms with E-state index in [0.717, 1.165) is 12.2 Å². The third-order valence-corrected chi connectivity index (χ3v) is 2.41. The van der Waals surface area contributed by atoms with E-state index in [-0.39, 0.29) is 17.4 Å². The molecule has 2 N–H and O–H groups in total. The fourth-order valence-electron chi connectivity index (χ4n) is 1.46. The zero-order valence-electron chi connectivity index (χ0n) is 8.51. The maximum Gasteiger partial charge on any atom is 0.335 e. The zero-order chi connectivity index (χ0) is 12.3. The highest BCUT2D eigenvalue weighted by molar-refractivity contribution is 6.02. The van der Waals surface area contributed by atoms with E-state index in [1.54, 1.807) is 6.92 Å². The normalized spacial score (nSPS) is 26.3. The number of carboxylic acids is 2. The van der Waals surface area contributed by atoms with E-state index in [1.807, 2.05) is 0 Å². The summed E-state index contributed by atoms with van der Waals surface area (Å²) in [6.07, 6.45) is 5.09. The van der Waals surface area contributed by atoms with E-state index in [4.69, 9.17) is 10.2 Å². The number of aliphatic carboxylic acids is 2. The number of allylic oxidation sites excluding steroid dienone is 2. The average molecular weight is 222 g/mol. The molecule has 0 radical (unpaired) electrons. The summed E-state index contributed by atoms with van der Waals surface area (Å²) in [7, 11) is 0. The van der Waals surface area contributed by atoms with Crippen molar-refractivity contribution in [3.8, 4) is 0 Å². The van der Waals surface area contributed by atoms with Crippen LogP contribution in [0, 0.1) is 5.41 Å². The molecule has 0 spiro atoms. The lowest BCUT2D eigenvalue weighted by atomic mass is 9.77. The first-order valence-electron chi connectivity index (χ1n) is 4.48. The number of hydrogen-bond donors (Lipinski definition) is 2. The lowest BCUT2D eigenvalue weighted by Gasteiger charge is -2.24. The third-order valence-electron chi connectivity index (χ3n) is 2.41. The van der Waals surface area contributed by atoms with Gasteiger partial charge in [0.05, 0.1) is 5.57 Å². The summed E-state index contributed by atoms with van der Waals surface area (Å²) in [4.78, 5) is 32.7.